The lowest BCUT2D eigenvalue weighted by Gasteiger charge is -2.40. The van der Waals surface area contributed by atoms with E-state index < -0.39 is 47.1 Å². The maximum Gasteiger partial charge on any atom is 0.368 e. The molecule has 2 saturated heterocycles. The lowest BCUT2D eigenvalue weighted by molar-refractivity contribution is -0.261. The van der Waals surface area contributed by atoms with E-state index in [1.54, 1.807) is 0 Å². The Balaban J connectivity index is 2.16. The van der Waals surface area contributed by atoms with Gasteiger partial charge < -0.3 is 23.7 Å². The van der Waals surface area contributed by atoms with Crippen LogP contribution in [0.25, 0.3) is 0 Å². The van der Waals surface area contributed by atoms with Gasteiger partial charge >= 0.3 is 17.2 Å². The Morgan fingerprint density at radius 3 is 2.57 bits per heavy atom. The Hall–Kier alpha value is -1.32. The molecule has 9 heteroatoms. The quantitative estimate of drug-likeness (QED) is 0.541. The Morgan fingerprint density at radius 2 is 2.00 bits per heavy atom. The summed E-state index contributed by atoms with van der Waals surface area (Å²) in [5.41, 5.74) is 0. The van der Waals surface area contributed by atoms with Gasteiger partial charge in [-0.25, -0.2) is 4.79 Å². The van der Waals surface area contributed by atoms with Gasteiger partial charge in [0.1, 0.15) is 18.8 Å². The van der Waals surface area contributed by atoms with Crippen LogP contribution in [0.1, 0.15) is 13.8 Å². The third-order valence-corrected chi connectivity index (χ3v) is 4.14. The standard InChI is InChI=1S/C12H16O8S/c1-5(13)17-4-7-8-10(21-12(15)20-8)9(18-6(2)14)11(16-3)19-7/h7-11H,4H2,1-3H3/t7-,8+,9-,10+,11+/m1/s1. The first kappa shape index (κ1) is 16.1. The average Bonchev–Trinajstić information content (AvgIpc) is 2.78. The SMILES string of the molecule is CO[C@H]1O[C@H](COC(C)=O)[C@@H]2OC(=O)S[C@@H]2[C@H]1OC(C)=O. The Bertz CT molecular complexity index is 439. The van der Waals surface area contributed by atoms with Gasteiger partial charge in [-0.2, -0.15) is 0 Å². The topological polar surface area (TPSA) is 97.4 Å². The van der Waals surface area contributed by atoms with Gasteiger partial charge in [0.2, 0.25) is 0 Å². The molecule has 0 amide bonds. The number of hydrogen-bond acceptors (Lipinski definition) is 9. The van der Waals surface area contributed by atoms with Crippen molar-refractivity contribution in [1.29, 1.82) is 0 Å². The summed E-state index contributed by atoms with van der Waals surface area (Å²) in [6, 6.07) is 0. The van der Waals surface area contributed by atoms with E-state index in [-0.39, 0.29) is 6.61 Å². The van der Waals surface area contributed by atoms with E-state index in [2.05, 4.69) is 0 Å². The average molecular weight is 320 g/mol. The summed E-state index contributed by atoms with van der Waals surface area (Å²) in [4.78, 5) is 33.6. The van der Waals surface area contributed by atoms with Gasteiger partial charge in [0.15, 0.2) is 12.4 Å². The van der Waals surface area contributed by atoms with Crippen LogP contribution in [0, 0.1) is 0 Å². The molecule has 0 radical (unpaired) electrons. The molecule has 0 bridgehead atoms. The molecule has 0 aliphatic carbocycles. The largest absolute Gasteiger partial charge is 0.463 e. The van der Waals surface area contributed by atoms with Crippen molar-refractivity contribution in [2.75, 3.05) is 13.7 Å². The minimum absolute atomic E-state index is 0.0724. The van der Waals surface area contributed by atoms with Crippen LogP contribution in [0.3, 0.4) is 0 Å². The van der Waals surface area contributed by atoms with Gasteiger partial charge in [-0.1, -0.05) is 0 Å². The number of hydrogen-bond donors (Lipinski definition) is 0. The number of esters is 2. The molecule has 2 rings (SSSR count). The molecule has 0 spiro atoms. The number of fused-ring (bicyclic) bond motifs is 1. The number of rotatable bonds is 4. The van der Waals surface area contributed by atoms with Crippen molar-refractivity contribution in [2.45, 2.75) is 43.7 Å². The third-order valence-electron chi connectivity index (χ3n) is 3.04. The van der Waals surface area contributed by atoms with Gasteiger partial charge in [-0.3, -0.25) is 9.59 Å². The molecule has 118 valence electrons. The molecule has 0 aromatic rings. The second kappa shape index (κ2) is 6.63. The smallest absolute Gasteiger partial charge is 0.368 e. The molecular weight excluding hydrogens is 304 g/mol. The molecule has 2 heterocycles. The first-order valence-corrected chi connectivity index (χ1v) is 7.16. The molecule has 21 heavy (non-hydrogen) atoms. The fraction of sp³-hybridized carbons (Fsp3) is 0.750. The van der Waals surface area contributed by atoms with Crippen molar-refractivity contribution in [2.24, 2.45) is 0 Å². The van der Waals surface area contributed by atoms with Gasteiger partial charge in [0, 0.05) is 21.0 Å². The zero-order valence-corrected chi connectivity index (χ0v) is 12.6. The molecule has 8 nitrogen and oxygen atoms in total. The molecular formula is C12H16O8S. The van der Waals surface area contributed by atoms with E-state index in [1.165, 1.54) is 21.0 Å². The molecule has 0 saturated carbocycles. The molecule has 0 N–H and O–H groups in total. The van der Waals surface area contributed by atoms with Gasteiger partial charge in [0.05, 0.1) is 5.25 Å². The molecule has 0 aromatic heterocycles. The summed E-state index contributed by atoms with van der Waals surface area (Å²) >= 11 is 0.918. The second-order valence-corrected chi connectivity index (χ2v) is 5.68. The summed E-state index contributed by atoms with van der Waals surface area (Å²) in [7, 11) is 1.40. The van der Waals surface area contributed by atoms with E-state index in [1.807, 2.05) is 0 Å². The molecule has 2 aliphatic heterocycles. The molecule has 2 fully saturated rings. The summed E-state index contributed by atoms with van der Waals surface area (Å²) in [6.45, 7) is 2.46. The van der Waals surface area contributed by atoms with Crippen LogP contribution >= 0.6 is 11.8 Å². The maximum atomic E-state index is 11.5. The van der Waals surface area contributed by atoms with Crippen LogP contribution < -0.4 is 0 Å². The van der Waals surface area contributed by atoms with Crippen LogP contribution in [-0.4, -0.2) is 60.8 Å². The molecule has 5 atom stereocenters. The highest BCUT2D eigenvalue weighted by molar-refractivity contribution is 8.14. The van der Waals surface area contributed by atoms with E-state index in [0.717, 1.165) is 11.8 Å². The summed E-state index contributed by atoms with van der Waals surface area (Å²) in [5.74, 6) is -0.981. The minimum Gasteiger partial charge on any atom is -0.463 e. The monoisotopic (exact) mass is 320 g/mol. The normalized spacial score (nSPS) is 34.8. The van der Waals surface area contributed by atoms with Gasteiger partial charge in [-0.15, -0.1) is 0 Å². The Labute approximate surface area is 125 Å². The number of carbonyl (C=O) groups excluding carboxylic acids is 3. The second-order valence-electron chi connectivity index (χ2n) is 4.57. The lowest BCUT2D eigenvalue weighted by atomic mass is 10.0. The number of thioether (sulfide) groups is 1. The zero-order chi connectivity index (χ0) is 15.6. The molecule has 0 aromatic carbocycles. The molecule has 2 aliphatic rings. The summed E-state index contributed by atoms with van der Waals surface area (Å²) in [5, 5.41) is -0.962. The van der Waals surface area contributed by atoms with Crippen LogP contribution in [-0.2, 0) is 33.3 Å². The van der Waals surface area contributed by atoms with E-state index >= 15 is 0 Å². The molecule has 0 unspecified atom stereocenters. The maximum absolute atomic E-state index is 11.5. The Kier molecular flexibility index (Phi) is 5.07. The first-order chi connectivity index (χ1) is 9.92. The van der Waals surface area contributed by atoms with E-state index in [9.17, 15) is 14.4 Å². The van der Waals surface area contributed by atoms with Crippen molar-refractivity contribution >= 4 is 29.0 Å². The third kappa shape index (κ3) is 3.66. The summed E-state index contributed by atoms with van der Waals surface area (Å²) in [6.07, 6.45) is -2.98. The van der Waals surface area contributed by atoms with E-state index in [0.29, 0.717) is 0 Å². The fourth-order valence-corrected chi connectivity index (χ4v) is 3.32. The number of carbonyl (C=O) groups is 3. The van der Waals surface area contributed by atoms with Crippen molar-refractivity contribution < 1.29 is 38.1 Å². The van der Waals surface area contributed by atoms with Gasteiger partial charge in [-0.05, 0) is 11.8 Å². The van der Waals surface area contributed by atoms with Crippen LogP contribution in [0.2, 0.25) is 0 Å². The van der Waals surface area contributed by atoms with Crippen LogP contribution in [0.4, 0.5) is 4.79 Å². The highest BCUT2D eigenvalue weighted by atomic mass is 32.2. The number of methoxy groups -OCH3 is 1. The summed E-state index contributed by atoms with van der Waals surface area (Å²) < 4.78 is 26.0. The predicted molar refractivity (Wildman–Crippen MR) is 69.5 cm³/mol. The van der Waals surface area contributed by atoms with E-state index in [4.69, 9.17) is 23.7 Å². The number of ether oxygens (including phenoxy) is 5. The van der Waals surface area contributed by atoms with Crippen molar-refractivity contribution in [3.63, 3.8) is 0 Å². The Morgan fingerprint density at radius 1 is 1.29 bits per heavy atom. The predicted octanol–water partition coefficient (Wildman–Crippen LogP) is 0.473. The van der Waals surface area contributed by atoms with Gasteiger partial charge in [0.25, 0.3) is 0 Å². The first-order valence-electron chi connectivity index (χ1n) is 6.28. The lowest BCUT2D eigenvalue weighted by Crippen LogP contribution is -2.58. The zero-order valence-electron chi connectivity index (χ0n) is 11.8. The highest BCUT2D eigenvalue weighted by Gasteiger charge is 2.55. The van der Waals surface area contributed by atoms with Crippen molar-refractivity contribution in [3.05, 3.63) is 0 Å². The van der Waals surface area contributed by atoms with Crippen molar-refractivity contribution in [3.8, 4) is 0 Å². The fourth-order valence-electron chi connectivity index (χ4n) is 2.25. The minimum atomic E-state index is -0.863. The van der Waals surface area contributed by atoms with Crippen LogP contribution in [0.5, 0.6) is 0 Å². The highest BCUT2D eigenvalue weighted by Crippen LogP contribution is 2.40. The van der Waals surface area contributed by atoms with Crippen molar-refractivity contribution in [1.82, 2.24) is 0 Å². The van der Waals surface area contributed by atoms with Crippen LogP contribution in [0.15, 0.2) is 0 Å².